The first kappa shape index (κ1) is 13.4. The zero-order valence-electron chi connectivity index (χ0n) is 11.3. The van der Waals surface area contributed by atoms with Crippen molar-refractivity contribution in [1.82, 2.24) is 4.90 Å². The first-order valence-corrected chi connectivity index (χ1v) is 6.68. The standard InChI is InChI=1S/C15H23NO2/c1-16-9-7-12(8-10-16)14(11-17)13-5-3-4-6-15(13)18-2/h3-6,12,14,17H,7-11H2,1-2H3. The summed E-state index contributed by atoms with van der Waals surface area (Å²) in [5.74, 6) is 1.66. The van der Waals surface area contributed by atoms with Crippen molar-refractivity contribution < 1.29 is 9.84 Å². The van der Waals surface area contributed by atoms with Crippen molar-refractivity contribution in [2.75, 3.05) is 33.9 Å². The number of hydrogen-bond donors (Lipinski definition) is 1. The molecule has 18 heavy (non-hydrogen) atoms. The second-order valence-electron chi connectivity index (χ2n) is 5.17. The molecule has 1 N–H and O–H groups in total. The van der Waals surface area contributed by atoms with Crippen molar-refractivity contribution in [3.05, 3.63) is 29.8 Å². The Kier molecular flexibility index (Phi) is 4.61. The molecule has 1 unspecified atom stereocenters. The Morgan fingerprint density at radius 1 is 1.33 bits per heavy atom. The quantitative estimate of drug-likeness (QED) is 0.887. The molecule has 0 spiro atoms. The van der Waals surface area contributed by atoms with Gasteiger partial charge in [-0.15, -0.1) is 0 Å². The maximum absolute atomic E-state index is 9.75. The van der Waals surface area contributed by atoms with Crippen LogP contribution in [0, 0.1) is 5.92 Å². The number of rotatable bonds is 4. The van der Waals surface area contributed by atoms with Gasteiger partial charge >= 0.3 is 0 Å². The summed E-state index contributed by atoms with van der Waals surface area (Å²) in [6, 6.07) is 8.06. The molecule has 1 aliphatic rings. The molecule has 0 amide bonds. The number of ether oxygens (including phenoxy) is 1. The van der Waals surface area contributed by atoms with Crippen LogP contribution in [0.1, 0.15) is 24.3 Å². The number of para-hydroxylation sites is 1. The number of methoxy groups -OCH3 is 1. The Bertz CT molecular complexity index is 373. The van der Waals surface area contributed by atoms with E-state index in [-0.39, 0.29) is 12.5 Å². The van der Waals surface area contributed by atoms with Crippen molar-refractivity contribution in [3.8, 4) is 5.75 Å². The summed E-state index contributed by atoms with van der Waals surface area (Å²) >= 11 is 0. The summed E-state index contributed by atoms with van der Waals surface area (Å²) in [6.07, 6.45) is 2.31. The van der Waals surface area contributed by atoms with Crippen LogP contribution in [0.2, 0.25) is 0 Å². The molecule has 1 saturated heterocycles. The SMILES string of the molecule is COc1ccccc1C(CO)C1CCN(C)CC1. The van der Waals surface area contributed by atoms with Crippen LogP contribution in [0.5, 0.6) is 5.75 Å². The Morgan fingerprint density at radius 3 is 2.61 bits per heavy atom. The number of aliphatic hydroxyl groups excluding tert-OH is 1. The van der Waals surface area contributed by atoms with E-state index < -0.39 is 0 Å². The second kappa shape index (κ2) is 6.21. The van der Waals surface area contributed by atoms with Gasteiger partial charge in [0.15, 0.2) is 0 Å². The van der Waals surface area contributed by atoms with Crippen LogP contribution < -0.4 is 4.74 Å². The summed E-state index contributed by atoms with van der Waals surface area (Å²) in [7, 11) is 3.86. The van der Waals surface area contributed by atoms with Crippen LogP contribution in [-0.4, -0.2) is 43.9 Å². The summed E-state index contributed by atoms with van der Waals surface area (Å²) in [6.45, 7) is 2.45. The van der Waals surface area contributed by atoms with Crippen molar-refractivity contribution in [1.29, 1.82) is 0 Å². The Balaban J connectivity index is 2.17. The molecule has 0 radical (unpaired) electrons. The molecule has 1 atom stereocenters. The lowest BCUT2D eigenvalue weighted by Crippen LogP contribution is -2.33. The molecule has 2 rings (SSSR count). The Labute approximate surface area is 109 Å². The van der Waals surface area contributed by atoms with Crippen LogP contribution >= 0.6 is 0 Å². The van der Waals surface area contributed by atoms with E-state index in [1.807, 2.05) is 18.2 Å². The Hall–Kier alpha value is -1.06. The monoisotopic (exact) mass is 249 g/mol. The number of aliphatic hydroxyl groups is 1. The van der Waals surface area contributed by atoms with Gasteiger partial charge in [0.1, 0.15) is 5.75 Å². The third-order valence-electron chi connectivity index (χ3n) is 4.07. The molecule has 3 nitrogen and oxygen atoms in total. The average Bonchev–Trinajstić information content (AvgIpc) is 2.42. The molecule has 1 aliphatic heterocycles. The van der Waals surface area contributed by atoms with E-state index in [4.69, 9.17) is 4.74 Å². The number of piperidine rings is 1. The molecular formula is C15H23NO2. The first-order chi connectivity index (χ1) is 8.76. The van der Waals surface area contributed by atoms with Gasteiger partial charge < -0.3 is 14.7 Å². The molecule has 0 aliphatic carbocycles. The molecular weight excluding hydrogens is 226 g/mol. The average molecular weight is 249 g/mol. The van der Waals surface area contributed by atoms with Gasteiger partial charge in [-0.1, -0.05) is 18.2 Å². The van der Waals surface area contributed by atoms with Gasteiger partial charge in [0, 0.05) is 5.92 Å². The fourth-order valence-electron chi connectivity index (χ4n) is 2.91. The third-order valence-corrected chi connectivity index (χ3v) is 4.07. The van der Waals surface area contributed by atoms with Gasteiger partial charge in [-0.3, -0.25) is 0 Å². The van der Waals surface area contributed by atoms with Crippen molar-refractivity contribution in [3.63, 3.8) is 0 Å². The van der Waals surface area contributed by atoms with Crippen LogP contribution in [0.3, 0.4) is 0 Å². The summed E-state index contributed by atoms with van der Waals surface area (Å²) in [4.78, 5) is 2.35. The highest BCUT2D eigenvalue weighted by atomic mass is 16.5. The minimum Gasteiger partial charge on any atom is -0.496 e. The zero-order chi connectivity index (χ0) is 13.0. The molecule has 1 aromatic rings. The van der Waals surface area contributed by atoms with Crippen LogP contribution in [0.25, 0.3) is 0 Å². The van der Waals surface area contributed by atoms with Crippen LogP contribution in [-0.2, 0) is 0 Å². The summed E-state index contributed by atoms with van der Waals surface area (Å²) < 4.78 is 5.42. The predicted octanol–water partition coefficient (Wildman–Crippen LogP) is 2.11. The number of hydrogen-bond acceptors (Lipinski definition) is 3. The lowest BCUT2D eigenvalue weighted by molar-refractivity contribution is 0.155. The summed E-state index contributed by atoms with van der Waals surface area (Å²) in [5, 5.41) is 9.75. The second-order valence-corrected chi connectivity index (χ2v) is 5.17. The molecule has 3 heteroatoms. The minimum absolute atomic E-state index is 0.203. The van der Waals surface area contributed by atoms with Crippen molar-refractivity contribution in [2.45, 2.75) is 18.8 Å². The topological polar surface area (TPSA) is 32.7 Å². The van der Waals surface area contributed by atoms with E-state index in [9.17, 15) is 5.11 Å². The van der Waals surface area contributed by atoms with Gasteiger partial charge in [-0.2, -0.15) is 0 Å². The molecule has 1 aromatic carbocycles. The van der Waals surface area contributed by atoms with Crippen molar-refractivity contribution >= 4 is 0 Å². The number of nitrogens with zero attached hydrogens (tertiary/aromatic N) is 1. The highest BCUT2D eigenvalue weighted by molar-refractivity contribution is 5.36. The maximum atomic E-state index is 9.75. The highest BCUT2D eigenvalue weighted by Crippen LogP contribution is 2.36. The van der Waals surface area contributed by atoms with Gasteiger partial charge in [0.25, 0.3) is 0 Å². The first-order valence-electron chi connectivity index (χ1n) is 6.68. The summed E-state index contributed by atoms with van der Waals surface area (Å²) in [5.41, 5.74) is 1.15. The molecule has 0 bridgehead atoms. The molecule has 1 heterocycles. The molecule has 1 fully saturated rings. The van der Waals surface area contributed by atoms with E-state index in [0.29, 0.717) is 5.92 Å². The van der Waals surface area contributed by atoms with Gasteiger partial charge in [0.05, 0.1) is 13.7 Å². The van der Waals surface area contributed by atoms with E-state index in [0.717, 1.165) is 37.2 Å². The fraction of sp³-hybridized carbons (Fsp3) is 0.600. The van der Waals surface area contributed by atoms with Gasteiger partial charge in [-0.05, 0) is 50.5 Å². The lowest BCUT2D eigenvalue weighted by Gasteiger charge is -2.34. The molecule has 0 aromatic heterocycles. The number of likely N-dealkylation sites (tertiary alicyclic amines) is 1. The molecule has 100 valence electrons. The van der Waals surface area contributed by atoms with E-state index in [1.165, 1.54) is 0 Å². The van der Waals surface area contributed by atoms with E-state index in [2.05, 4.69) is 18.0 Å². The zero-order valence-corrected chi connectivity index (χ0v) is 11.3. The van der Waals surface area contributed by atoms with E-state index in [1.54, 1.807) is 7.11 Å². The van der Waals surface area contributed by atoms with Crippen LogP contribution in [0.15, 0.2) is 24.3 Å². The molecule has 0 saturated carbocycles. The van der Waals surface area contributed by atoms with Gasteiger partial charge in [0.2, 0.25) is 0 Å². The van der Waals surface area contributed by atoms with E-state index >= 15 is 0 Å². The highest BCUT2D eigenvalue weighted by Gasteiger charge is 2.27. The van der Waals surface area contributed by atoms with Crippen LogP contribution in [0.4, 0.5) is 0 Å². The Morgan fingerprint density at radius 2 is 2.00 bits per heavy atom. The predicted molar refractivity (Wildman–Crippen MR) is 73.0 cm³/mol. The minimum atomic E-state index is 0.203. The van der Waals surface area contributed by atoms with Gasteiger partial charge in [-0.25, -0.2) is 0 Å². The van der Waals surface area contributed by atoms with Crippen molar-refractivity contribution in [2.24, 2.45) is 5.92 Å². The normalized spacial score (nSPS) is 19.7. The lowest BCUT2D eigenvalue weighted by atomic mass is 9.80. The number of benzene rings is 1. The smallest absolute Gasteiger partial charge is 0.122 e. The fourth-order valence-corrected chi connectivity index (χ4v) is 2.91. The largest absolute Gasteiger partial charge is 0.496 e. The third kappa shape index (κ3) is 2.85. The maximum Gasteiger partial charge on any atom is 0.122 e.